The molecule has 0 radical (unpaired) electrons. The molecule has 0 amide bonds. The Morgan fingerprint density at radius 3 is 2.68 bits per heavy atom. The van der Waals surface area contributed by atoms with E-state index in [1.54, 1.807) is 0 Å². The highest BCUT2D eigenvalue weighted by Gasteiger charge is 2.27. The fourth-order valence-electron chi connectivity index (χ4n) is 3.71. The molecule has 112 valence electrons. The Morgan fingerprint density at radius 1 is 1.00 bits per heavy atom. The summed E-state index contributed by atoms with van der Waals surface area (Å²) < 4.78 is 0. The van der Waals surface area contributed by atoms with Crippen LogP contribution in [0.4, 0.5) is 17.2 Å². The summed E-state index contributed by atoms with van der Waals surface area (Å²) in [6, 6.07) is 12.7. The Hall–Kier alpha value is -2.16. The highest BCUT2D eigenvalue weighted by molar-refractivity contribution is 6.10. The van der Waals surface area contributed by atoms with E-state index in [4.69, 9.17) is 4.99 Å². The van der Waals surface area contributed by atoms with Gasteiger partial charge in [0.15, 0.2) is 5.82 Å². The lowest BCUT2D eigenvalue weighted by molar-refractivity contribution is 0.440. The van der Waals surface area contributed by atoms with Gasteiger partial charge in [-0.3, -0.25) is 0 Å². The van der Waals surface area contributed by atoms with Gasteiger partial charge >= 0.3 is 0 Å². The number of rotatable bonds is 1. The molecule has 22 heavy (non-hydrogen) atoms. The molecule has 1 aromatic carbocycles. The van der Waals surface area contributed by atoms with Crippen LogP contribution in [0.3, 0.4) is 0 Å². The van der Waals surface area contributed by atoms with Gasteiger partial charge in [0.25, 0.3) is 0 Å². The van der Waals surface area contributed by atoms with E-state index in [1.807, 2.05) is 12.3 Å². The Balaban J connectivity index is 1.91. The van der Waals surface area contributed by atoms with Gasteiger partial charge in [-0.05, 0) is 31.0 Å². The normalized spacial score (nSPS) is 18.2. The zero-order valence-electron chi connectivity index (χ0n) is 13.0. The van der Waals surface area contributed by atoms with E-state index >= 15 is 0 Å². The number of hydrogen-bond donors (Lipinski definition) is 0. The number of benzene rings is 1. The summed E-state index contributed by atoms with van der Waals surface area (Å²) in [5, 5.41) is 0. The van der Waals surface area contributed by atoms with E-state index in [9.17, 15) is 0 Å². The summed E-state index contributed by atoms with van der Waals surface area (Å²) in [7, 11) is 2.09. The molecule has 2 aromatic rings. The second-order valence-corrected chi connectivity index (χ2v) is 6.25. The van der Waals surface area contributed by atoms with Crippen molar-refractivity contribution in [2.24, 2.45) is 10.9 Å². The first-order chi connectivity index (χ1) is 10.8. The SMILES string of the molecule is CN1c2ccccc2C(C2CCCCC2)=Nc2cccnc21. The predicted octanol–water partition coefficient (Wildman–Crippen LogP) is 4.86. The van der Waals surface area contributed by atoms with Crippen LogP contribution in [0.25, 0.3) is 0 Å². The summed E-state index contributed by atoms with van der Waals surface area (Å²) in [6.45, 7) is 0. The number of nitrogens with zero attached hydrogens (tertiary/aromatic N) is 3. The van der Waals surface area contributed by atoms with Crippen molar-refractivity contribution in [1.82, 2.24) is 4.98 Å². The average Bonchev–Trinajstić information content (AvgIpc) is 2.72. The van der Waals surface area contributed by atoms with Crippen molar-refractivity contribution < 1.29 is 0 Å². The largest absolute Gasteiger partial charge is 0.327 e. The van der Waals surface area contributed by atoms with E-state index in [0.717, 1.165) is 11.5 Å². The Labute approximate surface area is 131 Å². The monoisotopic (exact) mass is 291 g/mol. The first-order valence-electron chi connectivity index (χ1n) is 8.21. The first-order valence-corrected chi connectivity index (χ1v) is 8.21. The van der Waals surface area contributed by atoms with Crippen LogP contribution >= 0.6 is 0 Å². The van der Waals surface area contributed by atoms with Gasteiger partial charge in [-0.25, -0.2) is 9.98 Å². The number of anilines is 2. The molecule has 1 aliphatic heterocycles. The zero-order chi connectivity index (χ0) is 14.9. The van der Waals surface area contributed by atoms with Crippen LogP contribution in [-0.4, -0.2) is 17.7 Å². The van der Waals surface area contributed by atoms with E-state index in [-0.39, 0.29) is 0 Å². The molecular formula is C19H21N3. The van der Waals surface area contributed by atoms with Crippen molar-refractivity contribution in [2.45, 2.75) is 32.1 Å². The minimum atomic E-state index is 0.578. The van der Waals surface area contributed by atoms with E-state index in [1.165, 1.54) is 49.1 Å². The van der Waals surface area contributed by atoms with Crippen LogP contribution in [0.15, 0.2) is 47.6 Å². The zero-order valence-corrected chi connectivity index (χ0v) is 13.0. The number of pyridine rings is 1. The molecule has 1 saturated carbocycles. The van der Waals surface area contributed by atoms with Gasteiger partial charge in [0.1, 0.15) is 5.69 Å². The van der Waals surface area contributed by atoms with Gasteiger partial charge in [0.2, 0.25) is 0 Å². The van der Waals surface area contributed by atoms with E-state index in [2.05, 4.69) is 47.3 Å². The predicted molar refractivity (Wildman–Crippen MR) is 91.5 cm³/mol. The summed E-state index contributed by atoms with van der Waals surface area (Å²) in [5.74, 6) is 1.52. The molecular weight excluding hydrogens is 270 g/mol. The molecule has 3 heteroatoms. The van der Waals surface area contributed by atoms with Crippen molar-refractivity contribution in [1.29, 1.82) is 0 Å². The number of aliphatic imine (C=N–C) groups is 1. The Kier molecular flexibility index (Phi) is 3.41. The quantitative estimate of drug-likeness (QED) is 0.750. The second kappa shape index (κ2) is 5.56. The lowest BCUT2D eigenvalue weighted by atomic mass is 9.83. The van der Waals surface area contributed by atoms with E-state index in [0.29, 0.717) is 5.92 Å². The van der Waals surface area contributed by atoms with Crippen molar-refractivity contribution in [2.75, 3.05) is 11.9 Å². The van der Waals surface area contributed by atoms with Crippen molar-refractivity contribution in [3.8, 4) is 0 Å². The van der Waals surface area contributed by atoms with Gasteiger partial charge in [-0.15, -0.1) is 0 Å². The Bertz CT molecular complexity index is 714. The Morgan fingerprint density at radius 2 is 1.82 bits per heavy atom. The van der Waals surface area contributed by atoms with Crippen LogP contribution in [0.1, 0.15) is 37.7 Å². The third-order valence-electron chi connectivity index (χ3n) is 4.86. The van der Waals surface area contributed by atoms with Gasteiger partial charge in [-0.1, -0.05) is 37.5 Å². The molecule has 3 nitrogen and oxygen atoms in total. The molecule has 0 N–H and O–H groups in total. The molecule has 1 aliphatic carbocycles. The minimum Gasteiger partial charge on any atom is -0.327 e. The smallest absolute Gasteiger partial charge is 0.158 e. The lowest BCUT2D eigenvalue weighted by Gasteiger charge is -2.25. The molecule has 0 unspecified atom stereocenters. The van der Waals surface area contributed by atoms with Crippen LogP contribution in [0, 0.1) is 5.92 Å². The summed E-state index contributed by atoms with van der Waals surface area (Å²) in [5.41, 5.74) is 4.73. The van der Waals surface area contributed by atoms with Crippen molar-refractivity contribution >= 4 is 22.9 Å². The maximum absolute atomic E-state index is 5.07. The van der Waals surface area contributed by atoms with Crippen LogP contribution in [0.5, 0.6) is 0 Å². The maximum Gasteiger partial charge on any atom is 0.158 e. The van der Waals surface area contributed by atoms with Gasteiger partial charge in [0.05, 0.1) is 11.4 Å². The van der Waals surface area contributed by atoms with Gasteiger partial charge in [0, 0.05) is 24.7 Å². The van der Waals surface area contributed by atoms with Crippen LogP contribution in [0.2, 0.25) is 0 Å². The fraction of sp³-hybridized carbons (Fsp3) is 0.368. The number of aromatic nitrogens is 1. The highest BCUT2D eigenvalue weighted by Crippen LogP contribution is 2.40. The summed E-state index contributed by atoms with van der Waals surface area (Å²) >= 11 is 0. The molecule has 0 spiro atoms. The summed E-state index contributed by atoms with van der Waals surface area (Å²) in [6.07, 6.45) is 8.37. The van der Waals surface area contributed by atoms with Crippen LogP contribution < -0.4 is 4.90 Å². The van der Waals surface area contributed by atoms with Gasteiger partial charge in [-0.2, -0.15) is 0 Å². The van der Waals surface area contributed by atoms with E-state index < -0.39 is 0 Å². The molecule has 0 atom stereocenters. The van der Waals surface area contributed by atoms with Crippen molar-refractivity contribution in [3.05, 3.63) is 48.2 Å². The maximum atomic E-state index is 5.07. The molecule has 1 fully saturated rings. The number of fused-ring (bicyclic) bond motifs is 2. The molecule has 4 rings (SSSR count). The average molecular weight is 291 g/mol. The third-order valence-corrected chi connectivity index (χ3v) is 4.86. The highest BCUT2D eigenvalue weighted by atomic mass is 15.2. The standard InChI is InChI=1S/C19H21N3/c1-22-17-12-6-5-10-15(17)18(14-8-3-2-4-9-14)21-16-11-7-13-20-19(16)22/h5-7,10-14H,2-4,8-9H2,1H3. The van der Waals surface area contributed by atoms with Crippen molar-refractivity contribution in [3.63, 3.8) is 0 Å². The van der Waals surface area contributed by atoms with Crippen LogP contribution in [-0.2, 0) is 0 Å². The third kappa shape index (κ3) is 2.21. The lowest BCUT2D eigenvalue weighted by Crippen LogP contribution is -2.20. The molecule has 0 saturated heterocycles. The number of hydrogen-bond acceptors (Lipinski definition) is 3. The minimum absolute atomic E-state index is 0.578. The topological polar surface area (TPSA) is 28.5 Å². The second-order valence-electron chi connectivity index (χ2n) is 6.25. The fourth-order valence-corrected chi connectivity index (χ4v) is 3.71. The molecule has 1 aromatic heterocycles. The number of para-hydroxylation sites is 1. The molecule has 0 bridgehead atoms. The molecule has 2 aliphatic rings. The molecule has 2 heterocycles. The van der Waals surface area contributed by atoms with Gasteiger partial charge < -0.3 is 4.90 Å². The first kappa shape index (κ1) is 13.5. The summed E-state index contributed by atoms with van der Waals surface area (Å²) in [4.78, 5) is 11.8.